The molecule has 19 heavy (non-hydrogen) atoms. The molecule has 4 heteroatoms. The lowest BCUT2D eigenvalue weighted by molar-refractivity contribution is 0.00578. The number of benzene rings is 1. The zero-order valence-electron chi connectivity index (χ0n) is 12.8. The van der Waals surface area contributed by atoms with Gasteiger partial charge in [0.2, 0.25) is 0 Å². The van der Waals surface area contributed by atoms with Crippen LogP contribution in [0.3, 0.4) is 0 Å². The fourth-order valence-corrected chi connectivity index (χ4v) is 2.14. The molecule has 1 aromatic rings. The van der Waals surface area contributed by atoms with E-state index < -0.39 is 0 Å². The predicted octanol–water partition coefficient (Wildman–Crippen LogP) is 2.69. The first-order valence-corrected chi connectivity index (χ1v) is 6.89. The lowest BCUT2D eigenvalue weighted by Gasteiger charge is -2.32. The van der Waals surface area contributed by atoms with Crippen LogP contribution in [0.4, 0.5) is 5.69 Å². The van der Waals surface area contributed by atoms with Crippen molar-refractivity contribution in [3.05, 3.63) is 23.8 Å². The summed E-state index contributed by atoms with van der Waals surface area (Å²) in [5, 5.41) is 0. The summed E-state index contributed by atoms with van der Waals surface area (Å²) in [5.41, 5.74) is 8.39. The summed E-state index contributed by atoms with van der Waals surface area (Å²) in [7, 11) is -0.383. The molecular formula is C15H24BNO2. The Kier molecular flexibility index (Phi) is 3.44. The molecule has 0 spiro atoms. The van der Waals surface area contributed by atoms with Crippen LogP contribution in [0.15, 0.2) is 18.2 Å². The number of hydrogen-bond donors (Lipinski definition) is 1. The molecule has 1 fully saturated rings. The molecule has 0 bridgehead atoms. The van der Waals surface area contributed by atoms with Crippen molar-refractivity contribution < 1.29 is 9.31 Å². The summed E-state index contributed by atoms with van der Waals surface area (Å²) in [6.07, 6.45) is 0. The highest BCUT2D eigenvalue weighted by Crippen LogP contribution is 2.37. The predicted molar refractivity (Wildman–Crippen MR) is 80.7 cm³/mol. The topological polar surface area (TPSA) is 44.5 Å². The Balaban J connectivity index is 2.30. The minimum Gasteiger partial charge on any atom is -0.399 e. The second-order valence-corrected chi connectivity index (χ2v) is 6.63. The molecule has 1 aliphatic heterocycles. The maximum absolute atomic E-state index is 6.16. The van der Waals surface area contributed by atoms with Crippen LogP contribution in [0.2, 0.25) is 0 Å². The Bertz CT molecular complexity index is 467. The molecule has 1 saturated heterocycles. The SMILES string of the molecule is CC(C)c1ccc(B2OC(C)(C)C(C)(C)O2)c(N)c1. The van der Waals surface area contributed by atoms with Gasteiger partial charge in [-0.1, -0.05) is 26.0 Å². The van der Waals surface area contributed by atoms with E-state index in [0.29, 0.717) is 5.92 Å². The van der Waals surface area contributed by atoms with Gasteiger partial charge in [-0.3, -0.25) is 0 Å². The maximum atomic E-state index is 6.16. The van der Waals surface area contributed by atoms with E-state index in [2.05, 4.69) is 19.9 Å². The van der Waals surface area contributed by atoms with Crippen LogP contribution in [-0.2, 0) is 9.31 Å². The zero-order valence-corrected chi connectivity index (χ0v) is 12.8. The second-order valence-electron chi connectivity index (χ2n) is 6.63. The zero-order chi connectivity index (χ0) is 14.4. The maximum Gasteiger partial charge on any atom is 0.496 e. The molecule has 0 aromatic heterocycles. The van der Waals surface area contributed by atoms with E-state index in [1.807, 2.05) is 39.8 Å². The van der Waals surface area contributed by atoms with Crippen molar-refractivity contribution in [2.45, 2.75) is 58.7 Å². The van der Waals surface area contributed by atoms with Crippen LogP contribution in [0.1, 0.15) is 53.0 Å². The van der Waals surface area contributed by atoms with E-state index in [9.17, 15) is 0 Å². The molecule has 104 valence electrons. The highest BCUT2D eigenvalue weighted by molar-refractivity contribution is 6.63. The first-order chi connectivity index (χ1) is 8.64. The third-order valence-electron chi connectivity index (χ3n) is 4.28. The minimum absolute atomic E-state index is 0.333. The van der Waals surface area contributed by atoms with Gasteiger partial charge in [-0.05, 0) is 45.2 Å². The molecule has 0 unspecified atom stereocenters. The minimum atomic E-state index is -0.383. The molecule has 3 nitrogen and oxygen atoms in total. The third-order valence-corrected chi connectivity index (χ3v) is 4.28. The summed E-state index contributed by atoms with van der Waals surface area (Å²) in [5.74, 6) is 0.467. The molecule has 0 amide bonds. The Morgan fingerprint density at radius 1 is 1.05 bits per heavy atom. The summed E-state index contributed by atoms with van der Waals surface area (Å²) < 4.78 is 12.1. The summed E-state index contributed by atoms with van der Waals surface area (Å²) in [4.78, 5) is 0. The van der Waals surface area contributed by atoms with Crippen molar-refractivity contribution in [1.29, 1.82) is 0 Å². The summed E-state index contributed by atoms with van der Waals surface area (Å²) in [6.45, 7) is 12.5. The van der Waals surface area contributed by atoms with E-state index in [-0.39, 0.29) is 18.3 Å². The molecule has 0 saturated carbocycles. The Labute approximate surface area is 116 Å². The average molecular weight is 261 g/mol. The highest BCUT2D eigenvalue weighted by Gasteiger charge is 2.52. The Morgan fingerprint density at radius 2 is 1.58 bits per heavy atom. The summed E-state index contributed by atoms with van der Waals surface area (Å²) in [6, 6.07) is 6.14. The Hall–Kier alpha value is -0.995. The van der Waals surface area contributed by atoms with Gasteiger partial charge in [0.1, 0.15) is 0 Å². The monoisotopic (exact) mass is 261 g/mol. The second kappa shape index (κ2) is 4.53. The molecular weight excluding hydrogens is 237 g/mol. The standard InChI is InChI=1S/C15H24BNO2/c1-10(2)11-7-8-12(13(17)9-11)16-18-14(3,4)15(5,6)19-16/h7-10H,17H2,1-6H3. The molecule has 0 radical (unpaired) electrons. The molecule has 0 atom stereocenters. The number of anilines is 1. The van der Waals surface area contributed by atoms with E-state index in [4.69, 9.17) is 15.0 Å². The van der Waals surface area contributed by atoms with Gasteiger partial charge < -0.3 is 15.0 Å². The van der Waals surface area contributed by atoms with Crippen LogP contribution in [0.5, 0.6) is 0 Å². The van der Waals surface area contributed by atoms with Gasteiger partial charge in [0.25, 0.3) is 0 Å². The van der Waals surface area contributed by atoms with Crippen molar-refractivity contribution in [1.82, 2.24) is 0 Å². The van der Waals surface area contributed by atoms with Crippen molar-refractivity contribution in [2.75, 3.05) is 5.73 Å². The van der Waals surface area contributed by atoms with Crippen LogP contribution in [-0.4, -0.2) is 18.3 Å². The van der Waals surface area contributed by atoms with Crippen molar-refractivity contribution >= 4 is 18.3 Å². The number of nitrogens with two attached hydrogens (primary N) is 1. The fraction of sp³-hybridized carbons (Fsp3) is 0.600. The highest BCUT2D eigenvalue weighted by atomic mass is 16.7. The first-order valence-electron chi connectivity index (χ1n) is 6.89. The van der Waals surface area contributed by atoms with Gasteiger partial charge in [0.05, 0.1) is 11.2 Å². The number of hydrogen-bond acceptors (Lipinski definition) is 3. The average Bonchev–Trinajstić information content (AvgIpc) is 2.47. The van der Waals surface area contributed by atoms with Crippen molar-refractivity contribution in [3.8, 4) is 0 Å². The Morgan fingerprint density at radius 3 is 2.00 bits per heavy atom. The third kappa shape index (κ3) is 2.52. The van der Waals surface area contributed by atoms with Crippen LogP contribution in [0.25, 0.3) is 0 Å². The molecule has 2 rings (SSSR count). The van der Waals surface area contributed by atoms with E-state index >= 15 is 0 Å². The molecule has 0 aliphatic carbocycles. The van der Waals surface area contributed by atoms with Gasteiger partial charge in [0.15, 0.2) is 0 Å². The summed E-state index contributed by atoms with van der Waals surface area (Å²) >= 11 is 0. The van der Waals surface area contributed by atoms with Crippen molar-refractivity contribution in [3.63, 3.8) is 0 Å². The first kappa shape index (κ1) is 14.4. The largest absolute Gasteiger partial charge is 0.496 e. The lowest BCUT2D eigenvalue weighted by Crippen LogP contribution is -2.41. The smallest absolute Gasteiger partial charge is 0.399 e. The number of rotatable bonds is 2. The van der Waals surface area contributed by atoms with Gasteiger partial charge in [-0.15, -0.1) is 0 Å². The van der Waals surface area contributed by atoms with Crippen LogP contribution in [0, 0.1) is 0 Å². The molecule has 1 aromatic carbocycles. The lowest BCUT2D eigenvalue weighted by atomic mass is 9.77. The van der Waals surface area contributed by atoms with Gasteiger partial charge in [-0.2, -0.15) is 0 Å². The van der Waals surface area contributed by atoms with Crippen LogP contribution >= 0.6 is 0 Å². The van der Waals surface area contributed by atoms with E-state index in [1.54, 1.807) is 0 Å². The van der Waals surface area contributed by atoms with Gasteiger partial charge in [0, 0.05) is 11.2 Å². The van der Waals surface area contributed by atoms with Gasteiger partial charge in [-0.25, -0.2) is 0 Å². The molecule has 2 N–H and O–H groups in total. The quantitative estimate of drug-likeness (QED) is 0.657. The number of nitrogen functional groups attached to an aromatic ring is 1. The normalized spacial score (nSPS) is 21.1. The van der Waals surface area contributed by atoms with Crippen LogP contribution < -0.4 is 11.2 Å². The van der Waals surface area contributed by atoms with Gasteiger partial charge >= 0.3 is 7.12 Å². The molecule has 1 aliphatic rings. The van der Waals surface area contributed by atoms with Crippen molar-refractivity contribution in [2.24, 2.45) is 0 Å². The molecule has 1 heterocycles. The fourth-order valence-electron chi connectivity index (χ4n) is 2.14. The van der Waals surface area contributed by atoms with E-state index in [1.165, 1.54) is 5.56 Å². The van der Waals surface area contributed by atoms with E-state index in [0.717, 1.165) is 11.2 Å².